The van der Waals surface area contributed by atoms with E-state index in [-0.39, 0.29) is 5.41 Å². The van der Waals surface area contributed by atoms with Gasteiger partial charge in [-0.3, -0.25) is 0 Å². The van der Waals surface area contributed by atoms with Gasteiger partial charge in [-0.25, -0.2) is 0 Å². The molecule has 0 bridgehead atoms. The average molecular weight is 272 g/mol. The summed E-state index contributed by atoms with van der Waals surface area (Å²) in [5.74, 6) is 1.31. The minimum absolute atomic E-state index is 0.119. The maximum Gasteiger partial charge on any atom is 0.250 e. The van der Waals surface area contributed by atoms with Gasteiger partial charge in [0.25, 0.3) is 0 Å². The summed E-state index contributed by atoms with van der Waals surface area (Å²) in [6.45, 7) is 6.97. The number of hydrogen-bond donors (Lipinski definition) is 1. The van der Waals surface area contributed by atoms with Crippen molar-refractivity contribution in [2.75, 3.05) is 24.5 Å². The van der Waals surface area contributed by atoms with E-state index >= 15 is 0 Å². The first-order valence-electron chi connectivity index (χ1n) is 6.93. The number of benzene rings is 1. The second-order valence-corrected chi connectivity index (χ2v) is 5.87. The molecule has 6 nitrogen and oxygen atoms in total. The highest BCUT2D eigenvalue weighted by Crippen LogP contribution is 2.36. The third kappa shape index (κ3) is 2.06. The van der Waals surface area contributed by atoms with Crippen molar-refractivity contribution in [3.05, 3.63) is 30.3 Å². The van der Waals surface area contributed by atoms with E-state index in [9.17, 15) is 0 Å². The Morgan fingerprint density at radius 1 is 1.35 bits per heavy atom. The van der Waals surface area contributed by atoms with Crippen molar-refractivity contribution in [2.45, 2.75) is 13.8 Å². The molecule has 2 atom stereocenters. The fourth-order valence-corrected chi connectivity index (χ4v) is 2.74. The molecule has 0 spiro atoms. The van der Waals surface area contributed by atoms with Gasteiger partial charge in [0.15, 0.2) is 0 Å². The lowest BCUT2D eigenvalue weighted by atomic mass is 9.81. The molecule has 2 heterocycles. The van der Waals surface area contributed by atoms with E-state index in [1.54, 1.807) is 4.68 Å². The molecule has 1 saturated heterocycles. The Kier molecular flexibility index (Phi) is 3.17. The van der Waals surface area contributed by atoms with Crippen LogP contribution in [-0.4, -0.2) is 39.8 Å². The van der Waals surface area contributed by atoms with E-state index < -0.39 is 0 Å². The summed E-state index contributed by atoms with van der Waals surface area (Å²) in [5.41, 5.74) is 7.03. The largest absolute Gasteiger partial charge is 0.338 e. The van der Waals surface area contributed by atoms with Crippen molar-refractivity contribution in [1.82, 2.24) is 20.2 Å². The van der Waals surface area contributed by atoms with E-state index in [1.165, 1.54) is 0 Å². The lowest BCUT2D eigenvalue weighted by molar-refractivity contribution is 0.287. The molecule has 0 unspecified atom stereocenters. The van der Waals surface area contributed by atoms with E-state index in [4.69, 9.17) is 5.73 Å². The van der Waals surface area contributed by atoms with Crippen LogP contribution in [0.1, 0.15) is 13.8 Å². The van der Waals surface area contributed by atoms with Crippen molar-refractivity contribution in [3.8, 4) is 5.69 Å². The third-order valence-electron chi connectivity index (χ3n) is 4.44. The minimum atomic E-state index is 0.119. The zero-order valence-corrected chi connectivity index (χ0v) is 11.9. The fourth-order valence-electron chi connectivity index (χ4n) is 2.74. The molecule has 1 aliphatic heterocycles. The number of rotatable bonds is 3. The van der Waals surface area contributed by atoms with Crippen molar-refractivity contribution in [1.29, 1.82) is 0 Å². The van der Waals surface area contributed by atoms with Crippen molar-refractivity contribution in [3.63, 3.8) is 0 Å². The second-order valence-electron chi connectivity index (χ2n) is 5.87. The summed E-state index contributed by atoms with van der Waals surface area (Å²) < 4.78 is 1.79. The van der Waals surface area contributed by atoms with Gasteiger partial charge in [-0.05, 0) is 35.0 Å². The molecular formula is C14H20N6. The quantitative estimate of drug-likeness (QED) is 0.905. The van der Waals surface area contributed by atoms with Gasteiger partial charge in [0.05, 0.1) is 5.69 Å². The van der Waals surface area contributed by atoms with Gasteiger partial charge in [0, 0.05) is 18.5 Å². The van der Waals surface area contributed by atoms with Crippen LogP contribution in [-0.2, 0) is 0 Å². The molecule has 0 radical (unpaired) electrons. The summed E-state index contributed by atoms with van der Waals surface area (Å²) in [4.78, 5) is 2.23. The predicted molar refractivity (Wildman–Crippen MR) is 77.7 cm³/mol. The van der Waals surface area contributed by atoms with E-state index in [0.29, 0.717) is 12.5 Å². The number of nitrogens with zero attached hydrogens (tertiary/aromatic N) is 5. The van der Waals surface area contributed by atoms with E-state index in [0.717, 1.165) is 24.7 Å². The first kappa shape index (κ1) is 13.1. The molecule has 2 N–H and O–H groups in total. The Labute approximate surface area is 118 Å². The standard InChI is InChI=1S/C14H20N6/c1-11-8-19(10-14(11,2)9-15)13-16-17-18-20(13)12-6-4-3-5-7-12/h3-7,11H,8-10,15H2,1-2H3/t11-,14-/m1/s1. The molecule has 106 valence electrons. The van der Waals surface area contributed by atoms with Gasteiger partial charge in [-0.15, -0.1) is 0 Å². The molecule has 1 aromatic heterocycles. The van der Waals surface area contributed by atoms with Gasteiger partial charge in [-0.2, -0.15) is 4.68 Å². The second kappa shape index (κ2) is 4.86. The highest BCUT2D eigenvalue weighted by Gasteiger charge is 2.41. The molecule has 0 aliphatic carbocycles. The predicted octanol–water partition coefficient (Wildman–Crippen LogP) is 1.08. The highest BCUT2D eigenvalue weighted by molar-refractivity contribution is 5.42. The molecule has 1 aliphatic rings. The first-order valence-corrected chi connectivity index (χ1v) is 6.93. The number of nitrogens with two attached hydrogens (primary N) is 1. The molecule has 0 amide bonds. The molecule has 2 aromatic rings. The van der Waals surface area contributed by atoms with Gasteiger partial charge >= 0.3 is 0 Å². The summed E-state index contributed by atoms with van der Waals surface area (Å²) in [6.07, 6.45) is 0. The SMILES string of the molecule is C[C@@H]1CN(c2nnnn2-c2ccccc2)C[C@@]1(C)CN. The Balaban J connectivity index is 1.92. The van der Waals surface area contributed by atoms with Crippen LogP contribution in [0.15, 0.2) is 30.3 Å². The number of tetrazole rings is 1. The Morgan fingerprint density at radius 3 is 2.75 bits per heavy atom. The molecule has 1 aromatic carbocycles. The van der Waals surface area contributed by atoms with Crippen LogP contribution in [0.2, 0.25) is 0 Å². The smallest absolute Gasteiger partial charge is 0.250 e. The Hall–Kier alpha value is -1.95. The monoisotopic (exact) mass is 272 g/mol. The van der Waals surface area contributed by atoms with Crippen molar-refractivity contribution >= 4 is 5.95 Å². The van der Waals surface area contributed by atoms with Gasteiger partial charge in [-0.1, -0.05) is 37.1 Å². The highest BCUT2D eigenvalue weighted by atomic mass is 15.6. The third-order valence-corrected chi connectivity index (χ3v) is 4.44. The zero-order chi connectivity index (χ0) is 14.2. The Morgan fingerprint density at radius 2 is 2.10 bits per heavy atom. The van der Waals surface area contributed by atoms with Crippen molar-refractivity contribution < 1.29 is 0 Å². The first-order chi connectivity index (χ1) is 9.64. The summed E-state index contributed by atoms with van der Waals surface area (Å²) in [7, 11) is 0. The van der Waals surface area contributed by atoms with E-state index in [1.807, 2.05) is 30.3 Å². The van der Waals surface area contributed by atoms with Gasteiger partial charge in [0.2, 0.25) is 5.95 Å². The molecule has 6 heteroatoms. The number of hydrogen-bond acceptors (Lipinski definition) is 5. The minimum Gasteiger partial charge on any atom is -0.338 e. The molecule has 0 saturated carbocycles. The van der Waals surface area contributed by atoms with Crippen LogP contribution < -0.4 is 10.6 Å². The maximum absolute atomic E-state index is 5.94. The number of para-hydroxylation sites is 1. The van der Waals surface area contributed by atoms with Crippen LogP contribution in [0.5, 0.6) is 0 Å². The molecule has 1 fully saturated rings. The van der Waals surface area contributed by atoms with Crippen LogP contribution in [0.4, 0.5) is 5.95 Å². The normalized spacial score (nSPS) is 26.1. The molecule has 20 heavy (non-hydrogen) atoms. The summed E-state index contributed by atoms with van der Waals surface area (Å²) >= 11 is 0. The average Bonchev–Trinajstić information content (AvgIpc) is 3.06. The van der Waals surface area contributed by atoms with Crippen LogP contribution in [0.25, 0.3) is 5.69 Å². The lowest BCUT2D eigenvalue weighted by Gasteiger charge is -2.25. The number of aromatic nitrogens is 4. The van der Waals surface area contributed by atoms with Crippen LogP contribution >= 0.6 is 0 Å². The van der Waals surface area contributed by atoms with Gasteiger partial charge < -0.3 is 10.6 Å². The Bertz CT molecular complexity index is 580. The molecular weight excluding hydrogens is 252 g/mol. The zero-order valence-electron chi connectivity index (χ0n) is 11.9. The summed E-state index contributed by atoms with van der Waals surface area (Å²) in [6, 6.07) is 9.95. The van der Waals surface area contributed by atoms with Gasteiger partial charge in [0.1, 0.15) is 0 Å². The fraction of sp³-hybridized carbons (Fsp3) is 0.500. The summed E-state index contributed by atoms with van der Waals surface area (Å²) in [5, 5.41) is 12.1. The lowest BCUT2D eigenvalue weighted by Crippen LogP contribution is -2.34. The molecule has 3 rings (SSSR count). The number of anilines is 1. The van der Waals surface area contributed by atoms with Crippen LogP contribution in [0, 0.1) is 11.3 Å². The maximum atomic E-state index is 5.94. The van der Waals surface area contributed by atoms with Crippen molar-refractivity contribution in [2.24, 2.45) is 17.1 Å². The van der Waals surface area contributed by atoms with Crippen LogP contribution in [0.3, 0.4) is 0 Å². The van der Waals surface area contributed by atoms with E-state index in [2.05, 4.69) is 34.3 Å². The topological polar surface area (TPSA) is 72.9 Å².